The molecule has 2 saturated heterocycles. The Labute approximate surface area is 173 Å². The summed E-state index contributed by atoms with van der Waals surface area (Å²) in [5.74, 6) is 1.11. The average molecular weight is 389 g/mol. The lowest BCUT2D eigenvalue weighted by atomic mass is 10.0. The van der Waals surface area contributed by atoms with E-state index >= 15 is 0 Å². The fourth-order valence-corrected chi connectivity index (χ4v) is 4.99. The van der Waals surface area contributed by atoms with Crippen LogP contribution in [0.2, 0.25) is 0 Å². The number of fused-ring (bicyclic) bond motifs is 1. The van der Waals surface area contributed by atoms with E-state index in [0.717, 1.165) is 24.4 Å². The van der Waals surface area contributed by atoms with Gasteiger partial charge in [0, 0.05) is 18.2 Å². The maximum Gasteiger partial charge on any atom is 0.141 e. The van der Waals surface area contributed by atoms with Gasteiger partial charge in [-0.2, -0.15) is 0 Å². The minimum absolute atomic E-state index is 0.521. The number of imidazole rings is 1. The first kappa shape index (κ1) is 18.8. The molecular weight excluding hydrogens is 356 g/mol. The van der Waals surface area contributed by atoms with Gasteiger partial charge >= 0.3 is 0 Å². The molecule has 2 aliphatic heterocycles. The van der Waals surface area contributed by atoms with Gasteiger partial charge in [0.05, 0.1) is 11.0 Å². The predicted octanol–water partition coefficient (Wildman–Crippen LogP) is 5.00. The summed E-state index contributed by atoms with van der Waals surface area (Å²) in [6, 6.07) is 18.2. The summed E-state index contributed by atoms with van der Waals surface area (Å²) in [7, 11) is 0. The molecule has 0 amide bonds. The second-order valence-electron chi connectivity index (χ2n) is 8.60. The van der Waals surface area contributed by atoms with E-state index in [1.807, 2.05) is 0 Å². The third-order valence-corrected chi connectivity index (χ3v) is 6.59. The Kier molecular flexibility index (Phi) is 5.64. The molecule has 1 aromatic heterocycles. The number of aromatic nitrogens is 2. The Morgan fingerprint density at radius 2 is 1.72 bits per heavy atom. The number of aryl methyl sites for hydroxylation is 1. The first-order chi connectivity index (χ1) is 14.4. The van der Waals surface area contributed by atoms with E-state index in [-0.39, 0.29) is 0 Å². The van der Waals surface area contributed by atoms with Crippen LogP contribution >= 0.6 is 0 Å². The maximum absolute atomic E-state index is 5.01. The summed E-state index contributed by atoms with van der Waals surface area (Å²) in [5.41, 5.74) is 4.98. The van der Waals surface area contributed by atoms with Crippen molar-refractivity contribution in [1.82, 2.24) is 19.8 Å². The first-order valence-electron chi connectivity index (χ1n) is 11.4. The summed E-state index contributed by atoms with van der Waals surface area (Å²) < 4.78 is 2.43. The molecule has 0 unspecified atom stereocenters. The third kappa shape index (κ3) is 4.10. The van der Waals surface area contributed by atoms with Crippen molar-refractivity contribution in [3.63, 3.8) is 0 Å². The number of likely N-dealkylation sites (tertiary alicyclic amines) is 1. The highest BCUT2D eigenvalue weighted by molar-refractivity contribution is 5.80. The van der Waals surface area contributed by atoms with Gasteiger partial charge in [0.25, 0.3) is 0 Å². The molecule has 3 aromatic rings. The molecule has 0 radical (unpaired) electrons. The molecule has 152 valence electrons. The van der Waals surface area contributed by atoms with Gasteiger partial charge in [-0.15, -0.1) is 0 Å². The Bertz CT molecular complexity index is 931. The fourth-order valence-electron chi connectivity index (χ4n) is 4.99. The van der Waals surface area contributed by atoms with Crippen LogP contribution in [0.1, 0.15) is 50.1 Å². The third-order valence-electron chi connectivity index (χ3n) is 6.59. The number of benzene rings is 2. The summed E-state index contributed by atoms with van der Waals surface area (Å²) in [5, 5.41) is 3.60. The normalized spacial score (nSPS) is 20.5. The number of hydrogen-bond donors (Lipinski definition) is 1. The number of nitrogens with one attached hydrogen (secondary N) is 1. The van der Waals surface area contributed by atoms with Crippen LogP contribution in [0.5, 0.6) is 0 Å². The van der Waals surface area contributed by atoms with Crippen molar-refractivity contribution < 1.29 is 0 Å². The highest BCUT2D eigenvalue weighted by atomic mass is 15.1. The number of rotatable bonds is 6. The summed E-state index contributed by atoms with van der Waals surface area (Å²) in [4.78, 5) is 7.64. The lowest BCUT2D eigenvalue weighted by Crippen LogP contribution is -2.31. The Morgan fingerprint density at radius 3 is 2.52 bits per heavy atom. The minimum atomic E-state index is 0.521. The van der Waals surface area contributed by atoms with Crippen LogP contribution in [0.15, 0.2) is 48.5 Å². The molecule has 2 fully saturated rings. The molecule has 0 aliphatic carbocycles. The highest BCUT2D eigenvalue weighted by Gasteiger charge is 2.17. The summed E-state index contributed by atoms with van der Waals surface area (Å²) >= 11 is 0. The van der Waals surface area contributed by atoms with E-state index in [2.05, 4.69) is 63.3 Å². The number of hydrogen-bond acceptors (Lipinski definition) is 3. The van der Waals surface area contributed by atoms with Crippen LogP contribution < -0.4 is 5.32 Å². The van der Waals surface area contributed by atoms with Crippen LogP contribution in [0.25, 0.3) is 22.4 Å². The molecule has 2 aliphatic rings. The van der Waals surface area contributed by atoms with E-state index < -0.39 is 0 Å². The van der Waals surface area contributed by atoms with Crippen LogP contribution in [0.4, 0.5) is 0 Å². The number of piperidine rings is 1. The monoisotopic (exact) mass is 388 g/mol. The van der Waals surface area contributed by atoms with Crippen molar-refractivity contribution in [2.24, 2.45) is 0 Å². The second-order valence-corrected chi connectivity index (χ2v) is 8.60. The van der Waals surface area contributed by atoms with Gasteiger partial charge in [-0.25, -0.2) is 4.98 Å². The second kappa shape index (κ2) is 8.68. The summed E-state index contributed by atoms with van der Waals surface area (Å²) in [6.45, 7) is 5.90. The van der Waals surface area contributed by atoms with E-state index in [1.165, 1.54) is 74.8 Å². The maximum atomic E-state index is 5.01. The molecule has 3 heterocycles. The van der Waals surface area contributed by atoms with Gasteiger partial charge in [-0.1, -0.05) is 42.8 Å². The largest absolute Gasteiger partial charge is 0.324 e. The number of nitrogens with zero attached hydrogens (tertiary/aromatic N) is 3. The first-order valence-corrected chi connectivity index (χ1v) is 11.4. The molecule has 0 bridgehead atoms. The molecule has 1 atom stereocenters. The molecular formula is C25H32N4. The SMILES string of the molecule is c1ccc2c(c1)nc(-c1ccc([C@H]3CCCN3)cc1)n2CCCN1CCCCC1. The van der Waals surface area contributed by atoms with Crippen LogP contribution in [-0.4, -0.2) is 40.6 Å². The summed E-state index contributed by atoms with van der Waals surface area (Å²) in [6.07, 6.45) is 7.83. The van der Waals surface area contributed by atoms with Gasteiger partial charge in [0.1, 0.15) is 5.82 Å². The van der Waals surface area contributed by atoms with Crippen molar-refractivity contribution >= 4 is 11.0 Å². The van der Waals surface area contributed by atoms with Crippen molar-refractivity contribution in [2.75, 3.05) is 26.2 Å². The Balaban J connectivity index is 1.38. The van der Waals surface area contributed by atoms with Gasteiger partial charge in [0.2, 0.25) is 0 Å². The molecule has 1 N–H and O–H groups in total. The number of para-hydroxylation sites is 2. The average Bonchev–Trinajstić information content (AvgIpc) is 3.43. The van der Waals surface area contributed by atoms with E-state index in [9.17, 15) is 0 Å². The molecule has 4 nitrogen and oxygen atoms in total. The molecule has 29 heavy (non-hydrogen) atoms. The predicted molar refractivity (Wildman–Crippen MR) is 120 cm³/mol. The van der Waals surface area contributed by atoms with Crippen molar-refractivity contribution in [1.29, 1.82) is 0 Å². The van der Waals surface area contributed by atoms with Crippen molar-refractivity contribution in [3.05, 3.63) is 54.1 Å². The Hall–Kier alpha value is -2.17. The van der Waals surface area contributed by atoms with E-state index in [0.29, 0.717) is 6.04 Å². The fraction of sp³-hybridized carbons (Fsp3) is 0.480. The molecule has 0 spiro atoms. The lowest BCUT2D eigenvalue weighted by molar-refractivity contribution is 0.223. The standard InChI is InChI=1S/C25H32N4/c1-4-16-28(17-5-1)18-7-19-29-24-10-3-2-8-23(24)27-25(29)21-13-11-20(12-14-21)22-9-6-15-26-22/h2-3,8,10-14,22,26H,1,4-7,9,15-19H2/t22-/m1/s1. The zero-order valence-corrected chi connectivity index (χ0v) is 17.3. The van der Waals surface area contributed by atoms with Crippen LogP contribution in [0, 0.1) is 0 Å². The lowest BCUT2D eigenvalue weighted by Gasteiger charge is -2.26. The van der Waals surface area contributed by atoms with Crippen molar-refractivity contribution in [3.8, 4) is 11.4 Å². The molecule has 0 saturated carbocycles. The van der Waals surface area contributed by atoms with Gasteiger partial charge in [0.15, 0.2) is 0 Å². The molecule has 5 rings (SSSR count). The zero-order chi connectivity index (χ0) is 19.5. The zero-order valence-electron chi connectivity index (χ0n) is 17.3. The van der Waals surface area contributed by atoms with Crippen molar-refractivity contribution in [2.45, 2.75) is 51.1 Å². The quantitative estimate of drug-likeness (QED) is 0.645. The van der Waals surface area contributed by atoms with Gasteiger partial charge in [-0.3, -0.25) is 0 Å². The molecule has 2 aromatic carbocycles. The van der Waals surface area contributed by atoms with Gasteiger partial charge in [-0.05, 0) is 76.0 Å². The topological polar surface area (TPSA) is 33.1 Å². The minimum Gasteiger partial charge on any atom is -0.324 e. The highest BCUT2D eigenvalue weighted by Crippen LogP contribution is 2.28. The van der Waals surface area contributed by atoms with Gasteiger partial charge < -0.3 is 14.8 Å². The van der Waals surface area contributed by atoms with Crippen LogP contribution in [-0.2, 0) is 6.54 Å². The molecule has 4 heteroatoms. The van der Waals surface area contributed by atoms with E-state index in [1.54, 1.807) is 0 Å². The Morgan fingerprint density at radius 1 is 0.897 bits per heavy atom. The smallest absolute Gasteiger partial charge is 0.141 e. The van der Waals surface area contributed by atoms with E-state index in [4.69, 9.17) is 4.98 Å². The van der Waals surface area contributed by atoms with Crippen LogP contribution in [0.3, 0.4) is 0 Å².